The molecule has 0 saturated carbocycles. The van der Waals surface area contributed by atoms with Gasteiger partial charge in [0.15, 0.2) is 0 Å². The number of benzene rings is 2. The predicted molar refractivity (Wildman–Crippen MR) is 93.6 cm³/mol. The largest absolute Gasteiger partial charge is 0.478 e. The lowest BCUT2D eigenvalue weighted by Gasteiger charge is -2.11. The molecule has 1 aliphatic carbocycles. The number of carboxylic acid groups (broad SMARTS) is 1. The highest BCUT2D eigenvalue weighted by Crippen LogP contribution is 2.31. The molecular formula is C20H16F3NO3. The van der Waals surface area contributed by atoms with E-state index in [1.807, 2.05) is 0 Å². The number of hydrogen-bond acceptors (Lipinski definition) is 2. The van der Waals surface area contributed by atoms with Crippen LogP contribution in [0.4, 0.5) is 18.9 Å². The van der Waals surface area contributed by atoms with E-state index in [9.17, 15) is 22.8 Å². The molecule has 0 fully saturated rings. The molecule has 1 amide bonds. The maximum absolute atomic E-state index is 14.4. The summed E-state index contributed by atoms with van der Waals surface area (Å²) >= 11 is 0. The number of aryl methyl sites for hydroxylation is 1. The summed E-state index contributed by atoms with van der Waals surface area (Å²) in [4.78, 5) is 23.4. The lowest BCUT2D eigenvalue weighted by Crippen LogP contribution is -2.18. The summed E-state index contributed by atoms with van der Waals surface area (Å²) in [5.74, 6) is -4.47. The van der Waals surface area contributed by atoms with E-state index in [2.05, 4.69) is 5.32 Å². The number of amides is 1. The first-order valence-electron chi connectivity index (χ1n) is 8.30. The molecule has 0 radical (unpaired) electrons. The zero-order valence-electron chi connectivity index (χ0n) is 14.4. The van der Waals surface area contributed by atoms with E-state index >= 15 is 0 Å². The summed E-state index contributed by atoms with van der Waals surface area (Å²) in [5, 5.41) is 11.2. The smallest absolute Gasteiger partial charge is 0.332 e. The summed E-state index contributed by atoms with van der Waals surface area (Å²) in [6.07, 6.45) is 0.980. The third-order valence-corrected chi connectivity index (χ3v) is 4.52. The van der Waals surface area contributed by atoms with Crippen LogP contribution >= 0.6 is 0 Å². The van der Waals surface area contributed by atoms with Crippen LogP contribution < -0.4 is 5.32 Å². The van der Waals surface area contributed by atoms with Crippen molar-refractivity contribution in [3.63, 3.8) is 0 Å². The minimum atomic E-state index is -1.21. The monoisotopic (exact) mass is 375 g/mol. The number of carbonyl (C=O) groups is 2. The average Bonchev–Trinajstić information content (AvgIpc) is 3.10. The first-order chi connectivity index (χ1) is 12.8. The van der Waals surface area contributed by atoms with Crippen LogP contribution in [-0.2, 0) is 9.59 Å². The normalized spacial score (nSPS) is 13.8. The maximum atomic E-state index is 14.4. The highest BCUT2D eigenvalue weighted by molar-refractivity contribution is 6.09. The van der Waals surface area contributed by atoms with Gasteiger partial charge in [-0.05, 0) is 67.1 Å². The molecular weight excluding hydrogens is 359 g/mol. The second kappa shape index (κ2) is 7.26. The quantitative estimate of drug-likeness (QED) is 0.822. The lowest BCUT2D eigenvalue weighted by molar-refractivity contribution is -0.133. The van der Waals surface area contributed by atoms with Gasteiger partial charge in [-0.2, -0.15) is 0 Å². The van der Waals surface area contributed by atoms with Crippen LogP contribution in [0.3, 0.4) is 0 Å². The van der Waals surface area contributed by atoms with E-state index in [1.165, 1.54) is 25.1 Å². The van der Waals surface area contributed by atoms with Crippen molar-refractivity contribution in [2.75, 3.05) is 5.32 Å². The number of halogens is 3. The van der Waals surface area contributed by atoms with Gasteiger partial charge in [-0.1, -0.05) is 6.07 Å². The summed E-state index contributed by atoms with van der Waals surface area (Å²) < 4.78 is 42.2. The van der Waals surface area contributed by atoms with E-state index in [0.29, 0.717) is 17.5 Å². The standard InChI is InChI=1S/C20H16F3NO3/c1-10-7-11(5-6-15(10)21)12-8-16(22)18(17(23)9-12)24-19(25)13-3-2-4-14(13)20(26)27/h5-9H,2-4H2,1H3,(H,24,25)(H,26,27). The Kier molecular flexibility index (Phi) is 5.03. The minimum absolute atomic E-state index is 0.0273. The molecule has 0 heterocycles. The van der Waals surface area contributed by atoms with Gasteiger partial charge < -0.3 is 10.4 Å². The molecule has 0 aromatic heterocycles. The Morgan fingerprint density at radius 3 is 2.15 bits per heavy atom. The van der Waals surface area contributed by atoms with E-state index in [4.69, 9.17) is 5.11 Å². The van der Waals surface area contributed by atoms with Crippen LogP contribution in [0.5, 0.6) is 0 Å². The number of anilines is 1. The van der Waals surface area contributed by atoms with Crippen molar-refractivity contribution < 1.29 is 27.9 Å². The Bertz CT molecular complexity index is 959. The first-order valence-corrected chi connectivity index (χ1v) is 8.30. The molecule has 1 aliphatic rings. The molecule has 140 valence electrons. The van der Waals surface area contributed by atoms with Crippen LogP contribution in [0.1, 0.15) is 24.8 Å². The Labute approximate surface area is 153 Å². The van der Waals surface area contributed by atoms with Crippen molar-refractivity contribution >= 4 is 17.6 Å². The summed E-state index contributed by atoms with van der Waals surface area (Å²) in [6.45, 7) is 1.54. The number of aliphatic carboxylic acids is 1. The van der Waals surface area contributed by atoms with E-state index in [-0.39, 0.29) is 29.6 Å². The number of rotatable bonds is 4. The van der Waals surface area contributed by atoms with Gasteiger partial charge in [-0.25, -0.2) is 18.0 Å². The van der Waals surface area contributed by atoms with Crippen LogP contribution in [0.25, 0.3) is 11.1 Å². The van der Waals surface area contributed by atoms with Gasteiger partial charge in [0.05, 0.1) is 0 Å². The van der Waals surface area contributed by atoms with Crippen molar-refractivity contribution in [1.82, 2.24) is 0 Å². The van der Waals surface area contributed by atoms with Gasteiger partial charge in [0.25, 0.3) is 5.91 Å². The van der Waals surface area contributed by atoms with Crippen molar-refractivity contribution in [3.8, 4) is 11.1 Å². The first kappa shape index (κ1) is 18.7. The number of nitrogens with one attached hydrogen (secondary N) is 1. The zero-order chi connectivity index (χ0) is 19.7. The van der Waals surface area contributed by atoms with Crippen molar-refractivity contribution in [2.45, 2.75) is 26.2 Å². The SMILES string of the molecule is Cc1cc(-c2cc(F)c(NC(=O)C3=C(C(=O)O)CCC3)c(F)c2)ccc1F. The molecule has 2 N–H and O–H groups in total. The van der Waals surface area contributed by atoms with Crippen molar-refractivity contribution in [3.05, 3.63) is 64.5 Å². The summed E-state index contributed by atoms with van der Waals surface area (Å²) in [6, 6.07) is 6.14. The highest BCUT2D eigenvalue weighted by Gasteiger charge is 2.26. The van der Waals surface area contributed by atoms with Gasteiger partial charge in [-0.15, -0.1) is 0 Å². The fourth-order valence-corrected chi connectivity index (χ4v) is 3.10. The molecule has 3 rings (SSSR count). The van der Waals surface area contributed by atoms with Gasteiger partial charge in [0.2, 0.25) is 0 Å². The molecule has 4 nitrogen and oxygen atoms in total. The van der Waals surface area contributed by atoms with Crippen LogP contribution in [-0.4, -0.2) is 17.0 Å². The van der Waals surface area contributed by atoms with E-state index in [0.717, 1.165) is 12.1 Å². The molecule has 0 atom stereocenters. The van der Waals surface area contributed by atoms with E-state index in [1.54, 1.807) is 0 Å². The summed E-state index contributed by atoms with van der Waals surface area (Å²) in [7, 11) is 0. The van der Waals surface area contributed by atoms with E-state index < -0.39 is 35.0 Å². The molecule has 2 aromatic rings. The Balaban J connectivity index is 1.92. The predicted octanol–water partition coefficient (Wildman–Crippen LogP) is 4.58. The molecule has 27 heavy (non-hydrogen) atoms. The minimum Gasteiger partial charge on any atom is -0.478 e. The van der Waals surface area contributed by atoms with Crippen LogP contribution in [0, 0.1) is 24.4 Å². The van der Waals surface area contributed by atoms with Gasteiger partial charge in [-0.3, -0.25) is 4.79 Å². The lowest BCUT2D eigenvalue weighted by atomic mass is 10.0. The number of hydrogen-bond donors (Lipinski definition) is 2. The van der Waals surface area contributed by atoms with Crippen LogP contribution in [0.2, 0.25) is 0 Å². The van der Waals surface area contributed by atoms with Crippen molar-refractivity contribution in [1.29, 1.82) is 0 Å². The van der Waals surface area contributed by atoms with Gasteiger partial charge in [0.1, 0.15) is 23.1 Å². The Hall–Kier alpha value is -3.09. The maximum Gasteiger partial charge on any atom is 0.332 e. The fourth-order valence-electron chi connectivity index (χ4n) is 3.10. The van der Waals surface area contributed by atoms with Crippen LogP contribution in [0.15, 0.2) is 41.5 Å². The third kappa shape index (κ3) is 3.72. The number of carbonyl (C=O) groups excluding carboxylic acids is 1. The topological polar surface area (TPSA) is 66.4 Å². The molecule has 0 aliphatic heterocycles. The Morgan fingerprint density at radius 1 is 0.926 bits per heavy atom. The molecule has 0 spiro atoms. The second-order valence-corrected chi connectivity index (χ2v) is 6.35. The van der Waals surface area contributed by atoms with Gasteiger partial charge >= 0.3 is 5.97 Å². The number of carboxylic acids is 1. The second-order valence-electron chi connectivity index (χ2n) is 6.35. The Morgan fingerprint density at radius 2 is 1.56 bits per heavy atom. The molecule has 7 heteroatoms. The van der Waals surface area contributed by atoms with Crippen molar-refractivity contribution in [2.24, 2.45) is 0 Å². The molecule has 2 aromatic carbocycles. The summed E-state index contributed by atoms with van der Waals surface area (Å²) in [5.41, 5.74) is 0.298. The highest BCUT2D eigenvalue weighted by atomic mass is 19.1. The zero-order valence-corrected chi connectivity index (χ0v) is 14.4. The average molecular weight is 375 g/mol. The molecule has 0 bridgehead atoms. The fraction of sp³-hybridized carbons (Fsp3) is 0.200. The molecule has 0 saturated heterocycles. The van der Waals surface area contributed by atoms with Gasteiger partial charge in [0, 0.05) is 11.1 Å². The third-order valence-electron chi connectivity index (χ3n) is 4.52. The molecule has 0 unspecified atom stereocenters.